The van der Waals surface area contributed by atoms with Gasteiger partial charge in [0.25, 0.3) is 0 Å². The van der Waals surface area contributed by atoms with E-state index in [0.29, 0.717) is 19.5 Å². The molecule has 0 radical (unpaired) electrons. The third kappa shape index (κ3) is 5.24. The number of hydrogen-bond donors (Lipinski definition) is 3. The van der Waals surface area contributed by atoms with E-state index < -0.39 is 0 Å². The van der Waals surface area contributed by atoms with Gasteiger partial charge in [0.15, 0.2) is 0 Å². The van der Waals surface area contributed by atoms with Crippen LogP contribution in [0.2, 0.25) is 0 Å². The van der Waals surface area contributed by atoms with Crippen LogP contribution in [0.3, 0.4) is 0 Å². The minimum Gasteiger partial charge on any atom is -0.497 e. The lowest BCUT2D eigenvalue weighted by atomic mass is 10.0. The molecule has 5 rings (SSSR count). The Kier molecular flexibility index (Phi) is 7.25. The molecule has 8 nitrogen and oxygen atoms in total. The monoisotopic (exact) mass is 489 g/mol. The molecule has 2 aromatic carbocycles. The summed E-state index contributed by atoms with van der Waals surface area (Å²) in [7, 11) is 3.71. The first-order valence-corrected chi connectivity index (χ1v) is 12.7. The molecule has 0 aliphatic carbocycles. The Morgan fingerprint density at radius 3 is 2.75 bits per heavy atom. The number of carbonyl (C=O) groups is 2. The first-order valence-electron chi connectivity index (χ1n) is 12.7. The first kappa shape index (κ1) is 24.3. The van der Waals surface area contributed by atoms with Gasteiger partial charge in [-0.3, -0.25) is 14.5 Å². The molecule has 2 aliphatic rings. The van der Waals surface area contributed by atoms with Gasteiger partial charge in [-0.25, -0.2) is 0 Å². The summed E-state index contributed by atoms with van der Waals surface area (Å²) in [6.45, 7) is 2.68. The van der Waals surface area contributed by atoms with Crippen molar-refractivity contribution in [2.24, 2.45) is 7.05 Å². The Bertz CT molecular complexity index is 1220. The van der Waals surface area contributed by atoms with Crippen LogP contribution in [0.4, 0.5) is 0 Å². The molecule has 0 bridgehead atoms. The number of amides is 2. The zero-order valence-electron chi connectivity index (χ0n) is 21.0. The van der Waals surface area contributed by atoms with Crippen LogP contribution in [0.15, 0.2) is 54.7 Å². The lowest BCUT2D eigenvalue weighted by Crippen LogP contribution is -2.58. The largest absolute Gasteiger partial charge is 0.497 e. The number of rotatable bonds is 9. The third-order valence-electron chi connectivity index (χ3n) is 7.54. The number of hydrogen-bond acceptors (Lipinski definition) is 5. The average Bonchev–Trinajstić information content (AvgIpc) is 3.48. The molecule has 36 heavy (non-hydrogen) atoms. The molecular weight excluding hydrogens is 454 g/mol. The summed E-state index contributed by atoms with van der Waals surface area (Å²) in [6, 6.07) is 16.4. The molecule has 0 spiro atoms. The van der Waals surface area contributed by atoms with E-state index in [4.69, 9.17) is 4.74 Å². The van der Waals surface area contributed by atoms with E-state index in [2.05, 4.69) is 62.9 Å². The van der Waals surface area contributed by atoms with E-state index in [1.807, 2.05) is 24.3 Å². The molecular formula is C28H35N5O3. The van der Waals surface area contributed by atoms with Crippen LogP contribution in [0.1, 0.15) is 30.4 Å². The molecule has 0 saturated carbocycles. The van der Waals surface area contributed by atoms with Crippen LogP contribution in [0.25, 0.3) is 10.9 Å². The maximum atomic E-state index is 12.6. The molecule has 8 heteroatoms. The maximum absolute atomic E-state index is 12.6. The topological polar surface area (TPSA) is 87.6 Å². The molecule has 2 fully saturated rings. The van der Waals surface area contributed by atoms with Gasteiger partial charge in [-0.15, -0.1) is 0 Å². The van der Waals surface area contributed by atoms with Crippen molar-refractivity contribution in [1.29, 1.82) is 0 Å². The number of piperazine rings is 1. The third-order valence-corrected chi connectivity index (χ3v) is 7.54. The fraction of sp³-hybridized carbons (Fsp3) is 0.429. The van der Waals surface area contributed by atoms with Crippen molar-refractivity contribution < 1.29 is 14.3 Å². The zero-order valence-corrected chi connectivity index (χ0v) is 21.0. The quantitative estimate of drug-likeness (QED) is 0.430. The predicted octanol–water partition coefficient (Wildman–Crippen LogP) is 2.31. The molecule has 2 aliphatic heterocycles. The Balaban J connectivity index is 1.13. The smallest absolute Gasteiger partial charge is 0.237 e. The Morgan fingerprint density at radius 1 is 1.14 bits per heavy atom. The Labute approximate surface area is 212 Å². The van der Waals surface area contributed by atoms with Crippen molar-refractivity contribution >= 4 is 22.7 Å². The number of nitrogens with one attached hydrogen (secondary N) is 3. The molecule has 190 valence electrons. The summed E-state index contributed by atoms with van der Waals surface area (Å²) < 4.78 is 7.34. The van der Waals surface area contributed by atoms with E-state index in [1.165, 1.54) is 16.5 Å². The van der Waals surface area contributed by atoms with Gasteiger partial charge in [0.05, 0.1) is 13.2 Å². The Hall–Kier alpha value is -3.36. The molecule has 3 atom stereocenters. The molecule has 2 amide bonds. The molecule has 3 N–H and O–H groups in total. The molecule has 2 saturated heterocycles. The number of aromatic nitrogens is 1. The van der Waals surface area contributed by atoms with Crippen molar-refractivity contribution in [2.75, 3.05) is 20.2 Å². The van der Waals surface area contributed by atoms with Crippen LogP contribution in [-0.2, 0) is 29.7 Å². The number of methoxy groups -OCH3 is 1. The molecule has 3 heterocycles. The lowest BCUT2D eigenvalue weighted by molar-refractivity contribution is -0.129. The van der Waals surface area contributed by atoms with Gasteiger partial charge in [-0.1, -0.05) is 30.3 Å². The highest BCUT2D eigenvalue weighted by molar-refractivity contribution is 5.84. The van der Waals surface area contributed by atoms with Crippen LogP contribution in [-0.4, -0.2) is 59.6 Å². The summed E-state index contributed by atoms with van der Waals surface area (Å²) >= 11 is 0. The highest BCUT2D eigenvalue weighted by atomic mass is 16.5. The normalized spacial score (nSPS) is 21.8. The van der Waals surface area contributed by atoms with Crippen LogP contribution in [0, 0.1) is 0 Å². The number of ether oxygens (including phenoxy) is 1. The van der Waals surface area contributed by atoms with Gasteiger partial charge in [-0.05, 0) is 42.2 Å². The van der Waals surface area contributed by atoms with Crippen LogP contribution >= 0.6 is 0 Å². The molecule has 1 aromatic heterocycles. The Morgan fingerprint density at radius 2 is 1.94 bits per heavy atom. The van der Waals surface area contributed by atoms with Crippen molar-refractivity contribution in [1.82, 2.24) is 25.4 Å². The number of benzene rings is 2. The maximum Gasteiger partial charge on any atom is 0.237 e. The SMILES string of the molecule is COc1ccc(CNC(=O)CCC2CNC(=O)C3CC(NCc4cn(C)c5ccccc45)CN23)cc1. The highest BCUT2D eigenvalue weighted by Gasteiger charge is 2.43. The number of nitrogens with zero attached hydrogens (tertiary/aromatic N) is 2. The second-order valence-corrected chi connectivity index (χ2v) is 9.87. The summed E-state index contributed by atoms with van der Waals surface area (Å²) in [6.07, 6.45) is 4.13. The standard InChI is InChI=1S/C28H35N5O3/c1-32-17-20(24-5-3-4-6-25(24)32)15-29-21-13-26-28(35)31-16-22(33(26)18-21)9-12-27(34)30-14-19-7-10-23(36-2)11-8-19/h3-8,10-11,17,21-22,26,29H,9,12-16,18H2,1-2H3,(H,30,34)(H,31,35). The second-order valence-electron chi connectivity index (χ2n) is 9.87. The number of aryl methyl sites for hydroxylation is 1. The van der Waals surface area contributed by atoms with Gasteiger partial charge in [0.1, 0.15) is 5.75 Å². The number of para-hydroxylation sites is 1. The molecule has 3 unspecified atom stereocenters. The van der Waals surface area contributed by atoms with Crippen molar-refractivity contribution in [3.8, 4) is 5.75 Å². The van der Waals surface area contributed by atoms with E-state index >= 15 is 0 Å². The van der Waals surface area contributed by atoms with Gasteiger partial charge in [-0.2, -0.15) is 0 Å². The van der Waals surface area contributed by atoms with E-state index in [0.717, 1.165) is 37.2 Å². The van der Waals surface area contributed by atoms with E-state index in [1.54, 1.807) is 7.11 Å². The highest BCUT2D eigenvalue weighted by Crippen LogP contribution is 2.27. The molecule has 3 aromatic rings. The number of fused-ring (bicyclic) bond motifs is 2. The van der Waals surface area contributed by atoms with Crippen molar-refractivity contribution in [2.45, 2.75) is 50.5 Å². The minimum atomic E-state index is -0.129. The van der Waals surface area contributed by atoms with Crippen LogP contribution < -0.4 is 20.7 Å². The van der Waals surface area contributed by atoms with Crippen LogP contribution in [0.5, 0.6) is 5.75 Å². The van der Waals surface area contributed by atoms with E-state index in [9.17, 15) is 9.59 Å². The van der Waals surface area contributed by atoms with Crippen molar-refractivity contribution in [3.63, 3.8) is 0 Å². The van der Waals surface area contributed by atoms with Gasteiger partial charge < -0.3 is 25.3 Å². The zero-order chi connectivity index (χ0) is 25.1. The fourth-order valence-corrected chi connectivity index (χ4v) is 5.54. The van der Waals surface area contributed by atoms with Gasteiger partial charge in [0.2, 0.25) is 11.8 Å². The summed E-state index contributed by atoms with van der Waals surface area (Å²) in [4.78, 5) is 27.4. The lowest BCUT2D eigenvalue weighted by Gasteiger charge is -2.37. The second kappa shape index (κ2) is 10.7. The van der Waals surface area contributed by atoms with Crippen molar-refractivity contribution in [3.05, 3.63) is 65.9 Å². The predicted molar refractivity (Wildman–Crippen MR) is 140 cm³/mol. The summed E-state index contributed by atoms with van der Waals surface area (Å²) in [5, 5.41) is 11.0. The van der Waals surface area contributed by atoms with E-state index in [-0.39, 0.29) is 29.9 Å². The fourth-order valence-electron chi connectivity index (χ4n) is 5.54. The van der Waals surface area contributed by atoms with Gasteiger partial charge >= 0.3 is 0 Å². The minimum absolute atomic E-state index is 0.0316. The van der Waals surface area contributed by atoms with Gasteiger partial charge in [0, 0.05) is 68.8 Å². The summed E-state index contributed by atoms with van der Waals surface area (Å²) in [5.41, 5.74) is 3.53. The summed E-state index contributed by atoms with van der Waals surface area (Å²) in [5.74, 6) is 0.934. The number of carbonyl (C=O) groups excluding carboxylic acids is 2. The average molecular weight is 490 g/mol. The first-order chi connectivity index (χ1) is 17.5.